The van der Waals surface area contributed by atoms with E-state index in [-0.39, 0.29) is 6.42 Å². The topological polar surface area (TPSA) is 105 Å². The minimum absolute atomic E-state index is 0.134. The second-order valence-corrected chi connectivity index (χ2v) is 4.72. The fourth-order valence-electron chi connectivity index (χ4n) is 2.05. The number of carboxylic acids is 1. The number of aliphatic carboxylic acids is 1. The molecule has 0 atom stereocenters. The highest BCUT2D eigenvalue weighted by Gasteiger charge is 2.11. The van der Waals surface area contributed by atoms with Crippen LogP contribution in [0.2, 0.25) is 0 Å². The summed E-state index contributed by atoms with van der Waals surface area (Å²) in [4.78, 5) is 26.3. The molecule has 6 heteroatoms. The highest BCUT2D eigenvalue weighted by molar-refractivity contribution is 6.01. The van der Waals surface area contributed by atoms with Crippen molar-refractivity contribution in [1.29, 1.82) is 0 Å². The molecule has 0 aliphatic rings. The number of amides is 1. The predicted octanol–water partition coefficient (Wildman–Crippen LogP) is 2.00. The van der Waals surface area contributed by atoms with Crippen LogP contribution in [0, 0.1) is 0 Å². The van der Waals surface area contributed by atoms with E-state index < -0.39 is 11.9 Å². The average molecular weight is 287 g/mol. The number of fused-ring (bicyclic) bond motifs is 1. The summed E-state index contributed by atoms with van der Waals surface area (Å²) in [5.74, 6) is -0.908. The zero-order chi connectivity index (χ0) is 15.2. The van der Waals surface area contributed by atoms with Crippen molar-refractivity contribution in [3.8, 4) is 0 Å². The Bertz CT molecular complexity index is 670. The van der Waals surface area contributed by atoms with Crippen LogP contribution in [-0.4, -0.2) is 28.5 Å². The fraction of sp³-hybridized carbons (Fsp3) is 0.267. The number of pyridine rings is 1. The second kappa shape index (κ2) is 6.69. The molecule has 0 aliphatic carbocycles. The molecular weight excluding hydrogens is 270 g/mol. The standard InChI is InChI=1S/C15H17N3O3/c16-14(21)11-9-10-5-1-2-6-12(10)18-15(11)17-8-4-3-7-13(19)20/h1-2,5-6,9H,3-4,7-8H2,(H2,16,21)(H,17,18)(H,19,20). The Morgan fingerprint density at radius 1 is 1.24 bits per heavy atom. The molecule has 2 aromatic rings. The van der Waals surface area contributed by atoms with Crippen LogP contribution in [0.1, 0.15) is 29.6 Å². The third-order valence-corrected chi connectivity index (χ3v) is 3.10. The summed E-state index contributed by atoms with van der Waals surface area (Å²) in [5, 5.41) is 12.5. The fourth-order valence-corrected chi connectivity index (χ4v) is 2.05. The van der Waals surface area contributed by atoms with Crippen LogP contribution in [0.25, 0.3) is 10.9 Å². The van der Waals surface area contributed by atoms with Gasteiger partial charge in [-0.3, -0.25) is 9.59 Å². The van der Waals surface area contributed by atoms with Crippen molar-refractivity contribution >= 4 is 28.6 Å². The van der Waals surface area contributed by atoms with Gasteiger partial charge in [0, 0.05) is 18.4 Å². The molecule has 0 saturated heterocycles. The maximum atomic E-state index is 11.5. The molecule has 4 N–H and O–H groups in total. The molecular formula is C15H17N3O3. The number of anilines is 1. The number of nitrogens with two attached hydrogens (primary N) is 1. The van der Waals surface area contributed by atoms with Gasteiger partial charge in [-0.15, -0.1) is 0 Å². The number of carbonyl (C=O) groups excluding carboxylic acids is 1. The van der Waals surface area contributed by atoms with E-state index in [2.05, 4.69) is 10.3 Å². The van der Waals surface area contributed by atoms with Crippen molar-refractivity contribution in [3.63, 3.8) is 0 Å². The van der Waals surface area contributed by atoms with Gasteiger partial charge in [0.05, 0.1) is 11.1 Å². The Kier molecular flexibility index (Phi) is 4.71. The number of rotatable bonds is 7. The lowest BCUT2D eigenvalue weighted by molar-refractivity contribution is -0.137. The Morgan fingerprint density at radius 3 is 2.71 bits per heavy atom. The highest BCUT2D eigenvalue weighted by atomic mass is 16.4. The maximum absolute atomic E-state index is 11.5. The maximum Gasteiger partial charge on any atom is 0.303 e. The van der Waals surface area contributed by atoms with Crippen molar-refractivity contribution in [2.24, 2.45) is 5.73 Å². The highest BCUT2D eigenvalue weighted by Crippen LogP contribution is 2.20. The van der Waals surface area contributed by atoms with Gasteiger partial charge in [0.25, 0.3) is 5.91 Å². The Morgan fingerprint density at radius 2 is 2.00 bits per heavy atom. The first-order valence-electron chi connectivity index (χ1n) is 6.73. The van der Waals surface area contributed by atoms with Crippen LogP contribution < -0.4 is 11.1 Å². The number of para-hydroxylation sites is 1. The average Bonchev–Trinajstić information content (AvgIpc) is 2.45. The Balaban J connectivity index is 2.11. The summed E-state index contributed by atoms with van der Waals surface area (Å²) in [6, 6.07) is 9.18. The van der Waals surface area contributed by atoms with Crippen LogP contribution in [0.15, 0.2) is 30.3 Å². The van der Waals surface area contributed by atoms with E-state index in [1.807, 2.05) is 24.3 Å². The zero-order valence-electron chi connectivity index (χ0n) is 11.5. The lowest BCUT2D eigenvalue weighted by Crippen LogP contribution is -2.16. The molecule has 0 saturated carbocycles. The van der Waals surface area contributed by atoms with Gasteiger partial charge >= 0.3 is 5.97 Å². The molecule has 0 bridgehead atoms. The minimum atomic E-state index is -0.809. The van der Waals surface area contributed by atoms with E-state index in [1.165, 1.54) is 0 Å². The van der Waals surface area contributed by atoms with Crippen LogP contribution in [-0.2, 0) is 4.79 Å². The van der Waals surface area contributed by atoms with Gasteiger partial charge in [-0.2, -0.15) is 0 Å². The number of benzene rings is 1. The number of carbonyl (C=O) groups is 2. The molecule has 1 amide bonds. The van der Waals surface area contributed by atoms with E-state index in [4.69, 9.17) is 10.8 Å². The van der Waals surface area contributed by atoms with Crippen molar-refractivity contribution < 1.29 is 14.7 Å². The molecule has 2 rings (SSSR count). The summed E-state index contributed by atoms with van der Waals surface area (Å²) >= 11 is 0. The molecule has 1 heterocycles. The van der Waals surface area contributed by atoms with Crippen LogP contribution >= 0.6 is 0 Å². The zero-order valence-corrected chi connectivity index (χ0v) is 11.5. The van der Waals surface area contributed by atoms with E-state index in [1.54, 1.807) is 6.07 Å². The van der Waals surface area contributed by atoms with E-state index >= 15 is 0 Å². The molecule has 0 aliphatic heterocycles. The summed E-state index contributed by atoms with van der Waals surface area (Å²) in [6.07, 6.45) is 1.39. The summed E-state index contributed by atoms with van der Waals surface area (Å²) in [7, 11) is 0. The van der Waals surface area contributed by atoms with Gasteiger partial charge in [0.2, 0.25) is 0 Å². The number of nitrogens with one attached hydrogen (secondary N) is 1. The normalized spacial score (nSPS) is 10.5. The molecule has 110 valence electrons. The number of nitrogens with zero attached hydrogens (tertiary/aromatic N) is 1. The summed E-state index contributed by atoms with van der Waals surface area (Å²) in [5.41, 5.74) is 6.49. The largest absolute Gasteiger partial charge is 0.481 e. The van der Waals surface area contributed by atoms with Crippen molar-refractivity contribution in [3.05, 3.63) is 35.9 Å². The SMILES string of the molecule is NC(=O)c1cc2ccccc2nc1NCCCCC(=O)O. The van der Waals surface area contributed by atoms with Crippen molar-refractivity contribution in [2.75, 3.05) is 11.9 Å². The van der Waals surface area contributed by atoms with Crippen LogP contribution in [0.3, 0.4) is 0 Å². The van der Waals surface area contributed by atoms with Crippen molar-refractivity contribution in [2.45, 2.75) is 19.3 Å². The van der Waals surface area contributed by atoms with Gasteiger partial charge in [-0.05, 0) is 25.0 Å². The summed E-state index contributed by atoms with van der Waals surface area (Å²) < 4.78 is 0. The van der Waals surface area contributed by atoms with E-state index in [9.17, 15) is 9.59 Å². The number of hydrogen-bond acceptors (Lipinski definition) is 4. The smallest absolute Gasteiger partial charge is 0.303 e. The third-order valence-electron chi connectivity index (χ3n) is 3.10. The molecule has 0 radical (unpaired) electrons. The van der Waals surface area contributed by atoms with Crippen LogP contribution in [0.5, 0.6) is 0 Å². The molecule has 21 heavy (non-hydrogen) atoms. The molecule has 0 fully saturated rings. The number of aromatic nitrogens is 1. The summed E-state index contributed by atoms with van der Waals surface area (Å²) in [6.45, 7) is 0.541. The lowest BCUT2D eigenvalue weighted by atomic mass is 10.1. The number of hydrogen-bond donors (Lipinski definition) is 3. The molecule has 0 spiro atoms. The third kappa shape index (κ3) is 3.92. The number of unbranched alkanes of at least 4 members (excludes halogenated alkanes) is 1. The van der Waals surface area contributed by atoms with Gasteiger partial charge in [-0.1, -0.05) is 18.2 Å². The van der Waals surface area contributed by atoms with Gasteiger partial charge < -0.3 is 16.2 Å². The Hall–Kier alpha value is -2.63. The second-order valence-electron chi connectivity index (χ2n) is 4.72. The number of primary amides is 1. The predicted molar refractivity (Wildman–Crippen MR) is 80.2 cm³/mol. The van der Waals surface area contributed by atoms with Crippen molar-refractivity contribution in [1.82, 2.24) is 4.98 Å². The van der Waals surface area contributed by atoms with E-state index in [0.717, 1.165) is 10.9 Å². The first-order valence-corrected chi connectivity index (χ1v) is 6.73. The molecule has 6 nitrogen and oxygen atoms in total. The van der Waals surface area contributed by atoms with Gasteiger partial charge in [-0.25, -0.2) is 4.98 Å². The number of carboxylic acid groups (broad SMARTS) is 1. The van der Waals surface area contributed by atoms with Gasteiger partial charge in [0.1, 0.15) is 5.82 Å². The molecule has 1 aromatic heterocycles. The van der Waals surface area contributed by atoms with E-state index in [0.29, 0.717) is 30.8 Å². The molecule has 0 unspecified atom stereocenters. The Labute approximate surface area is 122 Å². The first kappa shape index (κ1) is 14.8. The van der Waals surface area contributed by atoms with Crippen LogP contribution in [0.4, 0.5) is 5.82 Å². The lowest BCUT2D eigenvalue weighted by Gasteiger charge is -2.10. The molecule has 1 aromatic carbocycles. The monoisotopic (exact) mass is 287 g/mol. The van der Waals surface area contributed by atoms with Gasteiger partial charge in [0.15, 0.2) is 0 Å². The quantitative estimate of drug-likeness (QED) is 0.675. The minimum Gasteiger partial charge on any atom is -0.481 e. The first-order chi connectivity index (χ1) is 10.1.